The van der Waals surface area contributed by atoms with Crippen LogP contribution in [0.15, 0.2) is 0 Å². The molecule has 0 saturated carbocycles. The minimum absolute atomic E-state index is 0.322. The van der Waals surface area contributed by atoms with Crippen LogP contribution in [-0.2, 0) is 22.9 Å². The molecule has 1 rings (SSSR count). The molecule has 0 aromatic heterocycles. The normalized spacial score (nSPS) is 19.9. The van der Waals surface area contributed by atoms with E-state index in [4.69, 9.17) is 0 Å². The number of nitrogens with zero attached hydrogens (tertiary/aromatic N) is 1. The summed E-state index contributed by atoms with van der Waals surface area (Å²) in [7, 11) is -3.96. The van der Waals surface area contributed by atoms with Crippen molar-refractivity contribution in [1.82, 2.24) is 5.06 Å². The van der Waals surface area contributed by atoms with E-state index >= 15 is 0 Å². The second-order valence-electron chi connectivity index (χ2n) is 8.50. The average molecular weight is 475 g/mol. The molecular weight excluding hydrogens is 438 g/mol. The Morgan fingerprint density at radius 1 is 0.750 bits per heavy atom. The Kier molecular flexibility index (Phi) is 10.6. The van der Waals surface area contributed by atoms with Crippen molar-refractivity contribution in [2.45, 2.75) is 89.1 Å². The molecule has 6 nitrogen and oxygen atoms in total. The van der Waals surface area contributed by atoms with Gasteiger partial charge in [-0.3, -0.25) is 0 Å². The Morgan fingerprint density at radius 2 is 1.18 bits per heavy atom. The minimum atomic E-state index is -2.97. The van der Waals surface area contributed by atoms with Gasteiger partial charge in [-0.15, -0.1) is 10.3 Å². The van der Waals surface area contributed by atoms with E-state index in [2.05, 4.69) is 0 Å². The van der Waals surface area contributed by atoms with Gasteiger partial charge >= 0.3 is 0 Å². The highest BCUT2D eigenvalue weighted by Gasteiger charge is 2.50. The van der Waals surface area contributed by atoms with Crippen LogP contribution in [0.2, 0.25) is 0 Å². The summed E-state index contributed by atoms with van der Waals surface area (Å²) in [5, 5.41) is 14.3. The van der Waals surface area contributed by atoms with Gasteiger partial charge in [-0.2, -0.15) is 0 Å². The molecule has 1 aliphatic heterocycles. The standard InChI is InChI=1S/C18H36NO5S4/c1-17(2)13-14-18(19(17)20,11-7-5-9-15-25-27(3,21)22)12-8-6-10-16-26-28(4,23)24/h5-16H2,1-4H3. The van der Waals surface area contributed by atoms with E-state index in [-0.39, 0.29) is 11.1 Å². The molecule has 10 heteroatoms. The van der Waals surface area contributed by atoms with Crippen LogP contribution >= 0.6 is 21.6 Å². The summed E-state index contributed by atoms with van der Waals surface area (Å²) in [5.41, 5.74) is -0.657. The zero-order chi connectivity index (χ0) is 21.5. The van der Waals surface area contributed by atoms with E-state index < -0.39 is 17.7 Å². The van der Waals surface area contributed by atoms with Gasteiger partial charge in [0.1, 0.15) is 0 Å². The molecule has 0 aliphatic carbocycles. The fourth-order valence-electron chi connectivity index (χ4n) is 3.85. The number of hydrogen-bond acceptors (Lipinski definition) is 7. The van der Waals surface area contributed by atoms with Crippen molar-refractivity contribution >= 4 is 39.3 Å². The summed E-state index contributed by atoms with van der Waals surface area (Å²) in [6.45, 7) is 4.01. The highest BCUT2D eigenvalue weighted by atomic mass is 33.1. The van der Waals surface area contributed by atoms with Crippen LogP contribution in [0.4, 0.5) is 0 Å². The lowest BCUT2D eigenvalue weighted by Crippen LogP contribution is -2.48. The zero-order valence-corrected chi connectivity index (χ0v) is 20.9. The van der Waals surface area contributed by atoms with Crippen molar-refractivity contribution in [2.24, 2.45) is 0 Å². The summed E-state index contributed by atoms with van der Waals surface area (Å²) in [6.07, 6.45) is 11.4. The van der Waals surface area contributed by atoms with Crippen molar-refractivity contribution in [1.29, 1.82) is 0 Å². The molecular formula is C18H36NO5S4. The predicted octanol–water partition coefficient (Wildman–Crippen LogP) is 4.45. The minimum Gasteiger partial charge on any atom is -0.218 e. The first-order chi connectivity index (χ1) is 12.8. The van der Waals surface area contributed by atoms with Crippen LogP contribution in [0, 0.1) is 0 Å². The first-order valence-electron chi connectivity index (χ1n) is 9.94. The Morgan fingerprint density at radius 3 is 1.50 bits per heavy atom. The Labute approximate surface area is 179 Å². The summed E-state index contributed by atoms with van der Waals surface area (Å²) >= 11 is 0. The van der Waals surface area contributed by atoms with Crippen molar-refractivity contribution < 1.29 is 22.0 Å². The molecule has 1 aliphatic rings. The second-order valence-corrected chi connectivity index (χ2v) is 17.7. The summed E-state index contributed by atoms with van der Waals surface area (Å²) in [5.74, 6) is 1.22. The van der Waals surface area contributed by atoms with Gasteiger partial charge in [0.05, 0.1) is 5.54 Å². The third-order valence-electron chi connectivity index (χ3n) is 5.35. The molecule has 1 fully saturated rings. The molecule has 0 aromatic carbocycles. The zero-order valence-electron chi connectivity index (χ0n) is 17.6. The van der Waals surface area contributed by atoms with Crippen molar-refractivity contribution in [3.63, 3.8) is 0 Å². The molecule has 0 amide bonds. The topological polar surface area (TPSA) is 91.4 Å². The third-order valence-corrected chi connectivity index (χ3v) is 10.7. The molecule has 0 atom stereocenters. The SMILES string of the molecule is CC1(C)CCC(CCCCCSS(C)(=O)=O)(CCCCCSS(C)(=O)=O)N1[O]. The first kappa shape index (κ1) is 26.6. The fourth-order valence-corrected chi connectivity index (χ4v) is 7.62. The smallest absolute Gasteiger partial charge is 0.198 e. The van der Waals surface area contributed by atoms with Crippen molar-refractivity contribution in [3.05, 3.63) is 0 Å². The van der Waals surface area contributed by atoms with Gasteiger partial charge in [0.25, 0.3) is 0 Å². The number of rotatable bonds is 14. The molecule has 0 unspecified atom stereocenters. The number of unbranched alkanes of at least 4 members (excludes halogenated alkanes) is 4. The van der Waals surface area contributed by atoms with E-state index in [1.165, 1.54) is 17.6 Å². The van der Waals surface area contributed by atoms with Crippen LogP contribution in [0.25, 0.3) is 0 Å². The lowest BCUT2D eigenvalue weighted by atomic mass is 9.85. The molecule has 0 aromatic rings. The van der Waals surface area contributed by atoms with Gasteiger partial charge in [0, 0.05) is 29.6 Å². The molecule has 28 heavy (non-hydrogen) atoms. The van der Waals surface area contributed by atoms with Gasteiger partial charge in [0.2, 0.25) is 0 Å². The lowest BCUT2D eigenvalue weighted by Gasteiger charge is -2.38. The van der Waals surface area contributed by atoms with E-state index in [0.29, 0.717) is 11.5 Å². The van der Waals surface area contributed by atoms with E-state index in [1.807, 2.05) is 13.8 Å². The monoisotopic (exact) mass is 474 g/mol. The Balaban J connectivity index is 2.44. The van der Waals surface area contributed by atoms with Gasteiger partial charge in [-0.05, 0) is 74.0 Å². The van der Waals surface area contributed by atoms with Gasteiger partial charge in [-0.25, -0.2) is 16.8 Å². The largest absolute Gasteiger partial charge is 0.218 e. The van der Waals surface area contributed by atoms with E-state index in [1.54, 1.807) is 0 Å². The van der Waals surface area contributed by atoms with Crippen LogP contribution in [0.5, 0.6) is 0 Å². The maximum absolute atomic E-state index is 13.0. The molecule has 0 bridgehead atoms. The summed E-state index contributed by atoms with van der Waals surface area (Å²) < 4.78 is 44.7. The van der Waals surface area contributed by atoms with Crippen LogP contribution in [0.1, 0.15) is 78.1 Å². The van der Waals surface area contributed by atoms with E-state index in [9.17, 15) is 22.0 Å². The Hall–Kier alpha value is 0.520. The molecule has 1 saturated heterocycles. The highest BCUT2D eigenvalue weighted by Crippen LogP contribution is 2.45. The van der Waals surface area contributed by atoms with Crippen molar-refractivity contribution in [3.8, 4) is 0 Å². The molecule has 1 heterocycles. The summed E-state index contributed by atoms with van der Waals surface area (Å²) in [6, 6.07) is 0. The van der Waals surface area contributed by atoms with Crippen molar-refractivity contribution in [2.75, 3.05) is 24.0 Å². The van der Waals surface area contributed by atoms with Gasteiger partial charge in [-0.1, -0.05) is 25.7 Å². The lowest BCUT2D eigenvalue weighted by molar-refractivity contribution is -0.257. The Bertz CT molecular complexity index is 632. The average Bonchev–Trinajstić information content (AvgIpc) is 2.77. The molecule has 167 valence electrons. The fraction of sp³-hybridized carbons (Fsp3) is 1.00. The number of hydroxylamine groups is 2. The second kappa shape index (κ2) is 11.2. The first-order valence-corrected chi connectivity index (χ1v) is 16.7. The van der Waals surface area contributed by atoms with Gasteiger partial charge < -0.3 is 0 Å². The van der Waals surface area contributed by atoms with E-state index in [0.717, 1.165) is 85.8 Å². The quantitative estimate of drug-likeness (QED) is 0.271. The molecule has 0 spiro atoms. The van der Waals surface area contributed by atoms with Crippen LogP contribution < -0.4 is 0 Å². The van der Waals surface area contributed by atoms with Crippen LogP contribution in [-0.4, -0.2) is 57.0 Å². The highest BCUT2D eigenvalue weighted by molar-refractivity contribution is 8.72. The third kappa shape index (κ3) is 10.0. The predicted molar refractivity (Wildman–Crippen MR) is 120 cm³/mol. The van der Waals surface area contributed by atoms with Gasteiger partial charge in [0.15, 0.2) is 17.7 Å². The number of hydrogen-bond donors (Lipinski definition) is 0. The maximum Gasteiger partial charge on any atom is 0.198 e. The molecule has 0 N–H and O–H groups in total. The maximum atomic E-state index is 13.0. The summed E-state index contributed by atoms with van der Waals surface area (Å²) in [4.78, 5) is 0. The molecule has 1 radical (unpaired) electrons. The van der Waals surface area contributed by atoms with Crippen LogP contribution in [0.3, 0.4) is 0 Å².